The molecule has 1 aromatic carbocycles. The van der Waals surface area contributed by atoms with Crippen molar-refractivity contribution in [2.75, 3.05) is 0 Å². The van der Waals surface area contributed by atoms with Crippen LogP contribution in [0.25, 0.3) is 0 Å². The minimum Gasteiger partial charge on any atom is -0.465 e. The molecule has 1 atom stereocenters. The number of benzene rings is 1. The molecule has 1 amide bonds. The van der Waals surface area contributed by atoms with E-state index in [1.54, 1.807) is 0 Å². The third kappa shape index (κ3) is 4.70. The van der Waals surface area contributed by atoms with Gasteiger partial charge in [-0.05, 0) is 56.5 Å². The molecule has 2 aromatic rings. The van der Waals surface area contributed by atoms with E-state index in [1.807, 2.05) is 64.1 Å². The molecule has 0 bridgehead atoms. The van der Waals surface area contributed by atoms with Gasteiger partial charge in [0.2, 0.25) is 0 Å². The highest BCUT2D eigenvalue weighted by Gasteiger charge is 2.22. The first kappa shape index (κ1) is 19.0. The Morgan fingerprint density at radius 1 is 1.17 bits per heavy atom. The van der Waals surface area contributed by atoms with Gasteiger partial charge < -0.3 is 5.11 Å². The highest BCUT2D eigenvalue weighted by molar-refractivity contribution is 5.85. The van der Waals surface area contributed by atoms with E-state index >= 15 is 0 Å². The molecule has 0 aliphatic heterocycles. The minimum atomic E-state index is -0.914. The number of carboxylic acid groups (broad SMARTS) is 1. The second-order valence-electron chi connectivity index (χ2n) is 5.70. The van der Waals surface area contributed by atoms with Crippen LogP contribution in [0.5, 0.6) is 0 Å². The third-order valence-corrected chi connectivity index (χ3v) is 3.85. The van der Waals surface area contributed by atoms with Crippen molar-refractivity contribution in [3.8, 4) is 0 Å². The number of aromatic nitrogens is 1. The molecule has 4 nitrogen and oxygen atoms in total. The molecular formula is C18H23ClN2O2. The molecule has 5 heteroatoms. The Morgan fingerprint density at radius 2 is 1.74 bits per heavy atom. The van der Waals surface area contributed by atoms with Crippen LogP contribution in [0.15, 0.2) is 36.4 Å². The van der Waals surface area contributed by atoms with Crippen molar-refractivity contribution in [3.63, 3.8) is 0 Å². The first-order valence-corrected chi connectivity index (χ1v) is 7.37. The van der Waals surface area contributed by atoms with Crippen molar-refractivity contribution in [2.45, 2.75) is 40.3 Å². The second kappa shape index (κ2) is 7.97. The molecule has 0 radical (unpaired) electrons. The molecule has 1 N–H and O–H groups in total. The standard InChI is InChI=1S/C18H22N2O2.ClH/c1-12-7-5-6-8-17(12)15(4)20(18(21)22)11-16-9-13(2)19-14(3)10-16;/h5-10,15H,11H2,1-4H3,(H,21,22);1H. The van der Waals surface area contributed by atoms with Crippen LogP contribution in [0, 0.1) is 20.8 Å². The van der Waals surface area contributed by atoms with Crippen molar-refractivity contribution in [2.24, 2.45) is 0 Å². The lowest BCUT2D eigenvalue weighted by Crippen LogP contribution is -2.32. The van der Waals surface area contributed by atoms with Crippen LogP contribution in [-0.4, -0.2) is 21.1 Å². The molecule has 124 valence electrons. The molecule has 0 aliphatic carbocycles. The highest BCUT2D eigenvalue weighted by Crippen LogP contribution is 2.25. The van der Waals surface area contributed by atoms with Gasteiger partial charge in [-0.15, -0.1) is 12.4 Å². The summed E-state index contributed by atoms with van der Waals surface area (Å²) in [6.45, 7) is 8.14. The number of rotatable bonds is 4. The predicted molar refractivity (Wildman–Crippen MR) is 94.1 cm³/mol. The van der Waals surface area contributed by atoms with Crippen molar-refractivity contribution in [1.82, 2.24) is 9.88 Å². The number of pyridine rings is 1. The van der Waals surface area contributed by atoms with Crippen LogP contribution in [0.1, 0.15) is 41.0 Å². The van der Waals surface area contributed by atoms with Crippen LogP contribution < -0.4 is 0 Å². The van der Waals surface area contributed by atoms with Gasteiger partial charge in [-0.3, -0.25) is 9.88 Å². The maximum Gasteiger partial charge on any atom is 0.408 e. The number of halogens is 1. The monoisotopic (exact) mass is 334 g/mol. The Bertz CT molecular complexity index is 668. The van der Waals surface area contributed by atoms with Crippen LogP contribution in [-0.2, 0) is 6.54 Å². The van der Waals surface area contributed by atoms with Crippen LogP contribution in [0.3, 0.4) is 0 Å². The number of hydrogen-bond acceptors (Lipinski definition) is 2. The molecule has 0 saturated heterocycles. The summed E-state index contributed by atoms with van der Waals surface area (Å²) in [4.78, 5) is 17.5. The topological polar surface area (TPSA) is 53.4 Å². The van der Waals surface area contributed by atoms with Gasteiger partial charge in [-0.1, -0.05) is 24.3 Å². The number of nitrogens with zero attached hydrogens (tertiary/aromatic N) is 2. The van der Waals surface area contributed by atoms with Gasteiger partial charge in [-0.25, -0.2) is 4.79 Å². The Labute approximate surface area is 143 Å². The van der Waals surface area contributed by atoms with E-state index in [0.717, 1.165) is 28.1 Å². The maximum absolute atomic E-state index is 11.7. The van der Waals surface area contributed by atoms with Gasteiger partial charge in [0.25, 0.3) is 0 Å². The lowest BCUT2D eigenvalue weighted by atomic mass is 10.0. The average Bonchev–Trinajstić information content (AvgIpc) is 2.43. The largest absolute Gasteiger partial charge is 0.465 e. The summed E-state index contributed by atoms with van der Waals surface area (Å²) in [6, 6.07) is 11.6. The molecular weight excluding hydrogens is 312 g/mol. The van der Waals surface area contributed by atoms with E-state index in [0.29, 0.717) is 6.54 Å². The first-order chi connectivity index (χ1) is 10.4. The summed E-state index contributed by atoms with van der Waals surface area (Å²) in [6.07, 6.45) is -0.914. The third-order valence-electron chi connectivity index (χ3n) is 3.85. The van der Waals surface area contributed by atoms with E-state index in [9.17, 15) is 9.90 Å². The highest BCUT2D eigenvalue weighted by atomic mass is 35.5. The van der Waals surface area contributed by atoms with E-state index < -0.39 is 6.09 Å². The molecule has 0 saturated carbocycles. The summed E-state index contributed by atoms with van der Waals surface area (Å²) >= 11 is 0. The van der Waals surface area contributed by atoms with E-state index in [-0.39, 0.29) is 18.4 Å². The molecule has 1 heterocycles. The van der Waals surface area contributed by atoms with Crippen molar-refractivity contribution in [3.05, 3.63) is 64.5 Å². The van der Waals surface area contributed by atoms with Crippen LogP contribution >= 0.6 is 12.4 Å². The molecule has 1 unspecified atom stereocenters. The Kier molecular flexibility index (Phi) is 6.58. The number of carbonyl (C=O) groups is 1. The number of hydrogen-bond donors (Lipinski definition) is 1. The Hall–Kier alpha value is -2.07. The molecule has 0 spiro atoms. The summed E-state index contributed by atoms with van der Waals surface area (Å²) in [5.41, 5.74) is 4.91. The zero-order chi connectivity index (χ0) is 16.3. The summed E-state index contributed by atoms with van der Waals surface area (Å²) in [7, 11) is 0. The zero-order valence-corrected chi connectivity index (χ0v) is 14.7. The van der Waals surface area contributed by atoms with Crippen molar-refractivity contribution >= 4 is 18.5 Å². The number of amides is 1. The van der Waals surface area contributed by atoms with Gasteiger partial charge >= 0.3 is 6.09 Å². The average molecular weight is 335 g/mol. The normalized spacial score (nSPS) is 11.5. The van der Waals surface area contributed by atoms with Gasteiger partial charge in [0.15, 0.2) is 0 Å². The lowest BCUT2D eigenvalue weighted by Gasteiger charge is -2.28. The number of aryl methyl sites for hydroxylation is 3. The fourth-order valence-corrected chi connectivity index (χ4v) is 2.80. The maximum atomic E-state index is 11.7. The summed E-state index contributed by atoms with van der Waals surface area (Å²) < 4.78 is 0. The Morgan fingerprint density at radius 3 is 2.26 bits per heavy atom. The summed E-state index contributed by atoms with van der Waals surface area (Å²) in [5.74, 6) is 0. The fourth-order valence-electron chi connectivity index (χ4n) is 2.80. The van der Waals surface area contributed by atoms with Crippen molar-refractivity contribution in [1.29, 1.82) is 0 Å². The van der Waals surface area contributed by atoms with Gasteiger partial charge in [0.1, 0.15) is 0 Å². The zero-order valence-electron chi connectivity index (χ0n) is 13.9. The second-order valence-corrected chi connectivity index (χ2v) is 5.70. The Balaban J connectivity index is 0.00000264. The summed E-state index contributed by atoms with van der Waals surface area (Å²) in [5, 5.41) is 9.61. The van der Waals surface area contributed by atoms with E-state index in [2.05, 4.69) is 4.98 Å². The smallest absolute Gasteiger partial charge is 0.408 e. The molecule has 1 aromatic heterocycles. The van der Waals surface area contributed by atoms with Crippen LogP contribution in [0.4, 0.5) is 4.79 Å². The molecule has 2 rings (SSSR count). The molecule has 0 fully saturated rings. The molecule has 0 aliphatic rings. The van der Waals surface area contributed by atoms with Gasteiger partial charge in [0.05, 0.1) is 6.04 Å². The minimum absolute atomic E-state index is 0. The quantitative estimate of drug-likeness (QED) is 0.884. The lowest BCUT2D eigenvalue weighted by molar-refractivity contribution is 0.124. The molecule has 23 heavy (non-hydrogen) atoms. The SMILES string of the molecule is Cc1cc(CN(C(=O)O)C(C)c2ccccc2C)cc(C)n1.Cl. The van der Waals surface area contributed by atoms with Gasteiger partial charge in [0, 0.05) is 17.9 Å². The van der Waals surface area contributed by atoms with Crippen molar-refractivity contribution < 1.29 is 9.90 Å². The predicted octanol–water partition coefficient (Wildman–Crippen LogP) is 4.67. The van der Waals surface area contributed by atoms with E-state index in [4.69, 9.17) is 0 Å². The van der Waals surface area contributed by atoms with Gasteiger partial charge in [-0.2, -0.15) is 0 Å². The van der Waals surface area contributed by atoms with Crippen LogP contribution in [0.2, 0.25) is 0 Å². The first-order valence-electron chi connectivity index (χ1n) is 7.37. The fraction of sp³-hybridized carbons (Fsp3) is 0.333. The van der Waals surface area contributed by atoms with E-state index in [1.165, 1.54) is 4.90 Å².